The van der Waals surface area contributed by atoms with Crippen LogP contribution in [0.1, 0.15) is 13.3 Å². The number of urea groups is 1. The summed E-state index contributed by atoms with van der Waals surface area (Å²) in [7, 11) is 2.04. The molecule has 1 aliphatic rings. The number of rotatable bonds is 8. The summed E-state index contributed by atoms with van der Waals surface area (Å²) in [6, 6.07) is 0.0863. The van der Waals surface area contributed by atoms with Crippen molar-refractivity contribution >= 4 is 12.4 Å². The number of nitrogens with one attached hydrogen (secondary N) is 3. The van der Waals surface area contributed by atoms with Crippen LogP contribution in [0, 0.1) is 0 Å². The Balaban J connectivity index is 2.38. The minimum atomic E-state index is -0.223. The lowest BCUT2D eigenvalue weighted by Crippen LogP contribution is -2.61. The van der Waals surface area contributed by atoms with E-state index in [2.05, 4.69) is 32.9 Å². The number of amides is 2. The van der Waals surface area contributed by atoms with Gasteiger partial charge in [-0.3, -0.25) is 15.8 Å². The van der Waals surface area contributed by atoms with Gasteiger partial charge in [-0.25, -0.2) is 10.2 Å². The van der Waals surface area contributed by atoms with E-state index in [1.165, 1.54) is 17.4 Å². The molecular formula is C13H24N6O. The van der Waals surface area contributed by atoms with Gasteiger partial charge in [0, 0.05) is 25.8 Å². The van der Waals surface area contributed by atoms with Gasteiger partial charge in [0.2, 0.25) is 0 Å². The predicted molar refractivity (Wildman–Crippen MR) is 80.9 cm³/mol. The van der Waals surface area contributed by atoms with E-state index < -0.39 is 0 Å². The maximum atomic E-state index is 12.0. The predicted octanol–water partition coefficient (Wildman–Crippen LogP) is 0.459. The molecule has 1 saturated heterocycles. The molecule has 0 aromatic rings. The van der Waals surface area contributed by atoms with E-state index in [1.54, 1.807) is 0 Å². The third-order valence-electron chi connectivity index (χ3n) is 2.84. The maximum Gasteiger partial charge on any atom is 0.336 e. The molecule has 0 aromatic heterocycles. The fraction of sp³-hybridized carbons (Fsp3) is 0.538. The van der Waals surface area contributed by atoms with Gasteiger partial charge >= 0.3 is 6.03 Å². The molecule has 0 atom stereocenters. The number of hydrogen-bond donors (Lipinski definition) is 3. The number of nitrogens with zero attached hydrogens (tertiary/aromatic N) is 3. The van der Waals surface area contributed by atoms with Crippen LogP contribution in [0.2, 0.25) is 0 Å². The summed E-state index contributed by atoms with van der Waals surface area (Å²) in [5, 5.41) is 3.88. The van der Waals surface area contributed by atoms with Crippen molar-refractivity contribution in [2.75, 3.05) is 26.7 Å². The molecule has 20 heavy (non-hydrogen) atoms. The molecule has 7 heteroatoms. The Labute approximate surface area is 120 Å². The highest BCUT2D eigenvalue weighted by atomic mass is 16.2. The molecule has 1 aliphatic heterocycles. The first-order chi connectivity index (χ1) is 9.67. The first kappa shape index (κ1) is 16.2. The molecule has 0 unspecified atom stereocenters. The van der Waals surface area contributed by atoms with Crippen LogP contribution in [0.15, 0.2) is 30.0 Å². The Bertz CT molecular complexity index is 362. The fourth-order valence-corrected chi connectivity index (χ4v) is 1.77. The summed E-state index contributed by atoms with van der Waals surface area (Å²) in [5.74, 6) is 0. The standard InChI is InChI=1S/C13H24N6O/c1-4-6-7-8-19(11-15-14-5-2)13(20)17-16-12-9-18(3)10-12/h4-6,11-12,14,16H,2,7-10H2,1,3H3,(H,17,20)/b6-4+,15-11-. The number of carbonyl (C=O) groups is 1. The van der Waals surface area contributed by atoms with E-state index >= 15 is 0 Å². The minimum absolute atomic E-state index is 0.223. The maximum absolute atomic E-state index is 12.0. The van der Waals surface area contributed by atoms with Crippen LogP contribution in [-0.4, -0.2) is 54.9 Å². The number of allylic oxidation sites excluding steroid dienone is 1. The van der Waals surface area contributed by atoms with Gasteiger partial charge in [-0.2, -0.15) is 5.10 Å². The highest BCUT2D eigenvalue weighted by molar-refractivity contribution is 5.86. The van der Waals surface area contributed by atoms with Crippen molar-refractivity contribution in [3.63, 3.8) is 0 Å². The molecule has 7 nitrogen and oxygen atoms in total. The summed E-state index contributed by atoms with van der Waals surface area (Å²) < 4.78 is 0. The van der Waals surface area contributed by atoms with E-state index in [1.807, 2.05) is 26.1 Å². The van der Waals surface area contributed by atoms with E-state index in [0.29, 0.717) is 12.6 Å². The Morgan fingerprint density at radius 1 is 1.55 bits per heavy atom. The topological polar surface area (TPSA) is 72.0 Å². The highest BCUT2D eigenvalue weighted by Gasteiger charge is 2.23. The summed E-state index contributed by atoms with van der Waals surface area (Å²) in [4.78, 5) is 15.7. The second-order valence-corrected chi connectivity index (χ2v) is 4.62. The summed E-state index contributed by atoms with van der Waals surface area (Å²) >= 11 is 0. The van der Waals surface area contributed by atoms with Gasteiger partial charge in [0.25, 0.3) is 0 Å². The van der Waals surface area contributed by atoms with Crippen molar-refractivity contribution in [3.05, 3.63) is 24.9 Å². The number of carbonyl (C=O) groups excluding carboxylic acids is 1. The lowest BCUT2D eigenvalue weighted by Gasteiger charge is -2.36. The molecule has 0 radical (unpaired) electrons. The molecule has 0 aromatic carbocycles. The molecule has 1 heterocycles. The van der Waals surface area contributed by atoms with Crippen molar-refractivity contribution in [2.45, 2.75) is 19.4 Å². The molecule has 3 N–H and O–H groups in total. The van der Waals surface area contributed by atoms with Crippen molar-refractivity contribution in [1.29, 1.82) is 0 Å². The SMILES string of the molecule is C=CN/N=C\N(CC/C=C/C)C(=O)NNC1CN(C)C1. The smallest absolute Gasteiger partial charge is 0.303 e. The normalized spacial score (nSPS) is 16.3. The van der Waals surface area contributed by atoms with Gasteiger partial charge in [0.15, 0.2) is 0 Å². The largest absolute Gasteiger partial charge is 0.336 e. The van der Waals surface area contributed by atoms with Crippen LogP contribution in [0.4, 0.5) is 4.79 Å². The Morgan fingerprint density at radius 3 is 2.90 bits per heavy atom. The molecule has 0 spiro atoms. The number of hydrogen-bond acceptors (Lipinski definition) is 5. The van der Waals surface area contributed by atoms with Crippen molar-refractivity contribution in [1.82, 2.24) is 26.1 Å². The summed E-state index contributed by atoms with van der Waals surface area (Å²) in [5.41, 5.74) is 8.29. The molecular weight excluding hydrogens is 256 g/mol. The fourth-order valence-electron chi connectivity index (χ4n) is 1.77. The molecule has 112 valence electrons. The third-order valence-corrected chi connectivity index (χ3v) is 2.84. The quantitative estimate of drug-likeness (QED) is 0.261. The van der Waals surface area contributed by atoms with Gasteiger partial charge in [0.05, 0.1) is 6.04 Å². The monoisotopic (exact) mass is 280 g/mol. The second kappa shape index (κ2) is 9.11. The van der Waals surface area contributed by atoms with Crippen molar-refractivity contribution in [3.8, 4) is 0 Å². The number of likely N-dealkylation sites (N-methyl/N-ethyl adjacent to an activating group) is 1. The summed E-state index contributed by atoms with van der Waals surface area (Å²) in [6.45, 7) is 7.87. The Hall–Kier alpha value is -1.86. The first-order valence-corrected chi connectivity index (χ1v) is 6.68. The van der Waals surface area contributed by atoms with Gasteiger partial charge in [-0.1, -0.05) is 18.7 Å². The third kappa shape index (κ3) is 5.85. The Kier molecular flexibility index (Phi) is 7.38. The zero-order valence-corrected chi connectivity index (χ0v) is 12.2. The van der Waals surface area contributed by atoms with Gasteiger partial charge in [-0.05, 0) is 20.4 Å². The average Bonchev–Trinajstić information content (AvgIpc) is 2.40. The van der Waals surface area contributed by atoms with E-state index in [-0.39, 0.29) is 6.03 Å². The molecule has 0 bridgehead atoms. The van der Waals surface area contributed by atoms with Crippen LogP contribution in [-0.2, 0) is 0 Å². The van der Waals surface area contributed by atoms with Crippen LogP contribution in [0.5, 0.6) is 0 Å². The van der Waals surface area contributed by atoms with Crippen molar-refractivity contribution in [2.24, 2.45) is 5.10 Å². The zero-order chi connectivity index (χ0) is 14.8. The average molecular weight is 280 g/mol. The van der Waals surface area contributed by atoms with Crippen LogP contribution in [0.3, 0.4) is 0 Å². The van der Waals surface area contributed by atoms with E-state index in [0.717, 1.165) is 19.5 Å². The van der Waals surface area contributed by atoms with E-state index in [9.17, 15) is 4.79 Å². The number of likely N-dealkylation sites (tertiary alicyclic amines) is 1. The molecule has 2 amide bonds. The van der Waals surface area contributed by atoms with Gasteiger partial charge in [0.1, 0.15) is 6.34 Å². The highest BCUT2D eigenvalue weighted by Crippen LogP contribution is 2.01. The lowest BCUT2D eigenvalue weighted by atomic mass is 10.1. The van der Waals surface area contributed by atoms with Gasteiger partial charge < -0.3 is 4.90 Å². The summed E-state index contributed by atoms with van der Waals surface area (Å²) in [6.07, 6.45) is 7.63. The zero-order valence-electron chi connectivity index (χ0n) is 12.2. The van der Waals surface area contributed by atoms with Crippen molar-refractivity contribution < 1.29 is 4.79 Å². The Morgan fingerprint density at radius 2 is 2.30 bits per heavy atom. The molecule has 0 aliphatic carbocycles. The lowest BCUT2D eigenvalue weighted by molar-refractivity contribution is 0.146. The van der Waals surface area contributed by atoms with Crippen LogP contribution in [0.25, 0.3) is 0 Å². The second-order valence-electron chi connectivity index (χ2n) is 4.62. The number of hydrazone groups is 1. The minimum Gasteiger partial charge on any atom is -0.303 e. The van der Waals surface area contributed by atoms with Crippen LogP contribution >= 0.6 is 0 Å². The number of hydrazine groups is 1. The molecule has 1 fully saturated rings. The molecule has 1 rings (SSSR count). The van der Waals surface area contributed by atoms with Gasteiger partial charge in [-0.15, -0.1) is 0 Å². The van der Waals surface area contributed by atoms with Crippen LogP contribution < -0.4 is 16.3 Å². The molecule has 0 saturated carbocycles. The van der Waals surface area contributed by atoms with E-state index in [4.69, 9.17) is 0 Å². The first-order valence-electron chi connectivity index (χ1n) is 6.68.